The maximum absolute atomic E-state index is 12.6. The van der Waals surface area contributed by atoms with E-state index in [0.717, 1.165) is 11.1 Å². The molecule has 0 radical (unpaired) electrons. The van der Waals surface area contributed by atoms with Gasteiger partial charge in [-0.25, -0.2) is 0 Å². The van der Waals surface area contributed by atoms with Crippen molar-refractivity contribution in [3.63, 3.8) is 0 Å². The predicted octanol–water partition coefficient (Wildman–Crippen LogP) is 3.03. The highest BCUT2D eigenvalue weighted by Gasteiger charge is 2.24. The van der Waals surface area contributed by atoms with Crippen molar-refractivity contribution in [1.29, 1.82) is 0 Å². The van der Waals surface area contributed by atoms with E-state index in [9.17, 15) is 14.4 Å². The Hall–Kier alpha value is -3.15. The van der Waals surface area contributed by atoms with Crippen LogP contribution in [-0.4, -0.2) is 28.9 Å². The summed E-state index contributed by atoms with van der Waals surface area (Å²) in [5.74, 6) is -1.41. The molecule has 1 unspecified atom stereocenters. The lowest BCUT2D eigenvalue weighted by atomic mass is 10.0. The van der Waals surface area contributed by atoms with E-state index in [1.165, 1.54) is 0 Å². The van der Waals surface area contributed by atoms with Gasteiger partial charge >= 0.3 is 5.97 Å². The van der Waals surface area contributed by atoms with E-state index in [2.05, 4.69) is 10.6 Å². The first kappa shape index (κ1) is 21.2. The summed E-state index contributed by atoms with van der Waals surface area (Å²) >= 11 is 0. The number of rotatable bonds is 9. The molecule has 1 atom stereocenters. The summed E-state index contributed by atoms with van der Waals surface area (Å²) in [5.41, 5.74) is 2.38. The SMILES string of the molecule is CC(C)C(NC(=O)Cc1ccccc1)C(=O)Nc1ccc(CCC(=O)O)cc1. The van der Waals surface area contributed by atoms with Crippen molar-refractivity contribution < 1.29 is 19.5 Å². The van der Waals surface area contributed by atoms with Gasteiger partial charge in [0, 0.05) is 12.1 Å². The van der Waals surface area contributed by atoms with Crippen LogP contribution < -0.4 is 10.6 Å². The predicted molar refractivity (Wildman–Crippen MR) is 108 cm³/mol. The Labute approximate surface area is 165 Å². The van der Waals surface area contributed by atoms with Gasteiger partial charge in [-0.05, 0) is 35.6 Å². The maximum Gasteiger partial charge on any atom is 0.303 e. The quantitative estimate of drug-likeness (QED) is 0.621. The average Bonchev–Trinajstić information content (AvgIpc) is 2.66. The van der Waals surface area contributed by atoms with Crippen LogP contribution >= 0.6 is 0 Å². The normalized spacial score (nSPS) is 11.7. The van der Waals surface area contributed by atoms with Gasteiger partial charge in [0.05, 0.1) is 6.42 Å². The maximum atomic E-state index is 12.6. The van der Waals surface area contributed by atoms with E-state index in [1.807, 2.05) is 44.2 Å². The molecule has 0 aliphatic heterocycles. The van der Waals surface area contributed by atoms with Crippen molar-refractivity contribution in [3.8, 4) is 0 Å². The molecule has 0 spiro atoms. The molecule has 0 saturated carbocycles. The molecule has 2 amide bonds. The van der Waals surface area contributed by atoms with Crippen molar-refractivity contribution in [1.82, 2.24) is 5.32 Å². The lowest BCUT2D eigenvalue weighted by molar-refractivity contribution is -0.137. The van der Waals surface area contributed by atoms with E-state index in [1.54, 1.807) is 24.3 Å². The van der Waals surface area contributed by atoms with Gasteiger partial charge in [-0.15, -0.1) is 0 Å². The number of nitrogens with one attached hydrogen (secondary N) is 2. The summed E-state index contributed by atoms with van der Waals surface area (Å²) < 4.78 is 0. The molecule has 6 heteroatoms. The second kappa shape index (κ2) is 10.3. The van der Waals surface area contributed by atoms with Crippen LogP contribution in [0.4, 0.5) is 5.69 Å². The average molecular weight is 382 g/mol. The van der Waals surface area contributed by atoms with E-state index in [0.29, 0.717) is 12.1 Å². The van der Waals surface area contributed by atoms with Crippen LogP contribution in [0.25, 0.3) is 0 Å². The topological polar surface area (TPSA) is 95.5 Å². The first-order chi connectivity index (χ1) is 13.3. The van der Waals surface area contributed by atoms with Crippen molar-refractivity contribution in [3.05, 3.63) is 65.7 Å². The zero-order valence-corrected chi connectivity index (χ0v) is 16.1. The summed E-state index contributed by atoms with van der Waals surface area (Å²) in [5, 5.41) is 14.4. The van der Waals surface area contributed by atoms with Crippen LogP contribution in [0.3, 0.4) is 0 Å². The fourth-order valence-electron chi connectivity index (χ4n) is 2.77. The van der Waals surface area contributed by atoms with Crippen molar-refractivity contribution in [2.75, 3.05) is 5.32 Å². The smallest absolute Gasteiger partial charge is 0.303 e. The third-order valence-electron chi connectivity index (χ3n) is 4.32. The largest absolute Gasteiger partial charge is 0.481 e. The molecule has 3 N–H and O–H groups in total. The molecule has 0 fully saturated rings. The van der Waals surface area contributed by atoms with Crippen molar-refractivity contribution >= 4 is 23.5 Å². The first-order valence-electron chi connectivity index (χ1n) is 9.30. The number of hydrogen-bond donors (Lipinski definition) is 3. The minimum atomic E-state index is -0.844. The second-order valence-electron chi connectivity index (χ2n) is 7.03. The molecule has 2 aromatic rings. The molecule has 0 heterocycles. The third kappa shape index (κ3) is 6.87. The molecule has 0 bridgehead atoms. The van der Waals surface area contributed by atoms with Gasteiger partial charge in [0.2, 0.25) is 11.8 Å². The molecule has 2 rings (SSSR count). The number of hydrogen-bond acceptors (Lipinski definition) is 3. The van der Waals surface area contributed by atoms with Gasteiger partial charge in [-0.2, -0.15) is 0 Å². The van der Waals surface area contributed by atoms with Crippen molar-refractivity contribution in [2.45, 2.75) is 39.2 Å². The fraction of sp³-hybridized carbons (Fsp3) is 0.318. The number of anilines is 1. The van der Waals surface area contributed by atoms with Gasteiger partial charge in [0.15, 0.2) is 0 Å². The number of aryl methyl sites for hydroxylation is 1. The monoisotopic (exact) mass is 382 g/mol. The Morgan fingerprint density at radius 3 is 2.14 bits per heavy atom. The summed E-state index contributed by atoms with van der Waals surface area (Å²) in [6, 6.07) is 15.8. The minimum Gasteiger partial charge on any atom is -0.481 e. The summed E-state index contributed by atoms with van der Waals surface area (Å²) in [6.45, 7) is 3.75. The van der Waals surface area contributed by atoms with Crippen LogP contribution in [0, 0.1) is 5.92 Å². The van der Waals surface area contributed by atoms with E-state index in [-0.39, 0.29) is 30.6 Å². The van der Waals surface area contributed by atoms with E-state index < -0.39 is 12.0 Å². The molecule has 148 valence electrons. The van der Waals surface area contributed by atoms with Crippen LogP contribution in [0.2, 0.25) is 0 Å². The van der Waals surface area contributed by atoms with E-state index in [4.69, 9.17) is 5.11 Å². The Kier molecular flexibility index (Phi) is 7.75. The summed E-state index contributed by atoms with van der Waals surface area (Å²) in [4.78, 5) is 35.6. The van der Waals surface area contributed by atoms with Gasteiger partial charge < -0.3 is 15.7 Å². The Bertz CT molecular complexity index is 801. The standard InChI is InChI=1S/C22H26N2O4/c1-15(2)21(24-19(25)14-17-6-4-3-5-7-17)22(28)23-18-11-8-16(9-12-18)10-13-20(26)27/h3-9,11-12,15,21H,10,13-14H2,1-2H3,(H,23,28)(H,24,25)(H,26,27). The van der Waals surface area contributed by atoms with Crippen LogP contribution in [0.15, 0.2) is 54.6 Å². The summed E-state index contributed by atoms with van der Waals surface area (Å²) in [6.07, 6.45) is 0.720. The van der Waals surface area contributed by atoms with Gasteiger partial charge in [0.25, 0.3) is 0 Å². The highest BCUT2D eigenvalue weighted by atomic mass is 16.4. The number of aliphatic carboxylic acids is 1. The van der Waals surface area contributed by atoms with Gasteiger partial charge in [-0.1, -0.05) is 56.3 Å². The molecule has 0 saturated heterocycles. The highest BCUT2D eigenvalue weighted by Crippen LogP contribution is 2.13. The number of amides is 2. The third-order valence-corrected chi connectivity index (χ3v) is 4.32. The lowest BCUT2D eigenvalue weighted by Gasteiger charge is -2.22. The molecule has 2 aromatic carbocycles. The van der Waals surface area contributed by atoms with Gasteiger partial charge in [-0.3, -0.25) is 14.4 Å². The van der Waals surface area contributed by atoms with E-state index >= 15 is 0 Å². The molecular weight excluding hydrogens is 356 g/mol. The van der Waals surface area contributed by atoms with Crippen LogP contribution in [0.1, 0.15) is 31.4 Å². The molecule has 0 aromatic heterocycles. The number of benzene rings is 2. The van der Waals surface area contributed by atoms with Gasteiger partial charge in [0.1, 0.15) is 6.04 Å². The lowest BCUT2D eigenvalue weighted by Crippen LogP contribution is -2.47. The molecule has 0 aliphatic rings. The molecule has 6 nitrogen and oxygen atoms in total. The van der Waals surface area contributed by atoms with Crippen LogP contribution in [0.5, 0.6) is 0 Å². The number of carboxylic acids is 1. The number of carboxylic acid groups (broad SMARTS) is 1. The fourth-order valence-corrected chi connectivity index (χ4v) is 2.77. The minimum absolute atomic E-state index is 0.0641. The number of carbonyl (C=O) groups excluding carboxylic acids is 2. The summed E-state index contributed by atoms with van der Waals surface area (Å²) in [7, 11) is 0. The number of carbonyl (C=O) groups is 3. The second-order valence-corrected chi connectivity index (χ2v) is 7.03. The highest BCUT2D eigenvalue weighted by molar-refractivity contribution is 5.97. The Morgan fingerprint density at radius 1 is 0.929 bits per heavy atom. The molecule has 28 heavy (non-hydrogen) atoms. The molecule has 0 aliphatic carbocycles. The first-order valence-corrected chi connectivity index (χ1v) is 9.30. The molecular formula is C22H26N2O4. The Morgan fingerprint density at radius 2 is 1.57 bits per heavy atom. The van der Waals surface area contributed by atoms with Crippen molar-refractivity contribution in [2.24, 2.45) is 5.92 Å². The Balaban J connectivity index is 1.94. The zero-order chi connectivity index (χ0) is 20.5. The zero-order valence-electron chi connectivity index (χ0n) is 16.1. The van der Waals surface area contributed by atoms with Crippen LogP contribution in [-0.2, 0) is 27.2 Å².